The van der Waals surface area contributed by atoms with Crippen LogP contribution in [0.2, 0.25) is 0 Å². The van der Waals surface area contributed by atoms with Crippen LogP contribution in [0.3, 0.4) is 0 Å². The van der Waals surface area contributed by atoms with Gasteiger partial charge in [-0.15, -0.1) is 0 Å². The van der Waals surface area contributed by atoms with Gasteiger partial charge in [0, 0.05) is 12.5 Å². The lowest BCUT2D eigenvalue weighted by Gasteiger charge is -2.69. The summed E-state index contributed by atoms with van der Waals surface area (Å²) < 4.78 is 0. The van der Waals surface area contributed by atoms with Crippen molar-refractivity contribution in [2.24, 2.45) is 63.4 Å². The standard InChI is InChI=1S/C39H74N4O3/c1-27(2)12-9-13-30(36(46)43-25-11-24-42-22-8-7-21-41-23-10-20-40)29-14-18-38(5)32(29)26-34(45)35-37(4)17-16-33(44)28(3)31(37)15-19-39(35,38)6/h27-35,41-42,44-45H,7-26,40H2,1-6H3,(H,43,46)/t28-,29-,30?,31?,32?,33+,34+,35?,37-,38-,39-/m0/s1. The van der Waals surface area contributed by atoms with Crippen molar-refractivity contribution in [2.75, 3.05) is 39.3 Å². The Morgan fingerprint density at radius 3 is 2.11 bits per heavy atom. The summed E-state index contributed by atoms with van der Waals surface area (Å²) in [6, 6.07) is 0. The Balaban J connectivity index is 1.36. The number of nitrogens with two attached hydrogens (primary N) is 1. The van der Waals surface area contributed by atoms with E-state index in [1.165, 1.54) is 12.8 Å². The third-order valence-electron chi connectivity index (χ3n) is 14.5. The summed E-state index contributed by atoms with van der Waals surface area (Å²) in [6.45, 7) is 19.8. The fourth-order valence-electron chi connectivity index (χ4n) is 11.8. The van der Waals surface area contributed by atoms with Gasteiger partial charge < -0.3 is 31.9 Å². The lowest BCUT2D eigenvalue weighted by Crippen LogP contribution is -2.66. The van der Waals surface area contributed by atoms with E-state index in [2.05, 4.69) is 57.5 Å². The van der Waals surface area contributed by atoms with Crippen LogP contribution < -0.4 is 21.7 Å². The number of carbonyl (C=O) groups is 1. The molecule has 46 heavy (non-hydrogen) atoms. The maximum atomic E-state index is 14.0. The van der Waals surface area contributed by atoms with Crippen molar-refractivity contribution in [3.8, 4) is 0 Å². The van der Waals surface area contributed by atoms with E-state index in [0.717, 1.165) is 116 Å². The minimum absolute atomic E-state index is 0.0365. The Bertz CT molecular complexity index is 948. The van der Waals surface area contributed by atoms with E-state index < -0.39 is 0 Å². The molecule has 11 atom stereocenters. The number of fused-ring (bicyclic) bond motifs is 5. The van der Waals surface area contributed by atoms with Crippen molar-refractivity contribution >= 4 is 5.91 Å². The second kappa shape index (κ2) is 16.8. The number of rotatable bonds is 18. The predicted molar refractivity (Wildman–Crippen MR) is 190 cm³/mol. The lowest BCUT2D eigenvalue weighted by atomic mass is 9.36. The quantitative estimate of drug-likeness (QED) is 0.104. The van der Waals surface area contributed by atoms with E-state index >= 15 is 0 Å². The zero-order valence-electron chi connectivity index (χ0n) is 30.7. The summed E-state index contributed by atoms with van der Waals surface area (Å²) in [5, 5.41) is 33.3. The van der Waals surface area contributed by atoms with Gasteiger partial charge in [-0.1, -0.05) is 54.4 Å². The van der Waals surface area contributed by atoms with Gasteiger partial charge in [0.1, 0.15) is 0 Å². The van der Waals surface area contributed by atoms with Crippen LogP contribution in [-0.4, -0.2) is 67.6 Å². The van der Waals surface area contributed by atoms with Gasteiger partial charge in [0.05, 0.1) is 12.2 Å². The first-order chi connectivity index (χ1) is 21.9. The normalized spacial score (nSPS) is 39.5. The monoisotopic (exact) mass is 647 g/mol. The van der Waals surface area contributed by atoms with Crippen LogP contribution in [0.25, 0.3) is 0 Å². The number of amides is 1. The first kappa shape index (κ1) is 38.1. The fraction of sp³-hybridized carbons (Fsp3) is 0.974. The van der Waals surface area contributed by atoms with Crippen LogP contribution in [0.4, 0.5) is 0 Å². The predicted octanol–water partition coefficient (Wildman–Crippen LogP) is 5.87. The third-order valence-corrected chi connectivity index (χ3v) is 14.5. The van der Waals surface area contributed by atoms with E-state index in [4.69, 9.17) is 5.73 Å². The zero-order valence-corrected chi connectivity index (χ0v) is 30.7. The molecule has 0 aromatic carbocycles. The Morgan fingerprint density at radius 2 is 1.43 bits per heavy atom. The SMILES string of the molecule is CC(C)CCCC(C(=O)NCCCNCCCCNCCCN)[C@@H]1CC[C@@]2(C)C1C[C@@H](O)C1[C@@]3(C)CC[C@@H](O)[C@@H](C)C3CC[C@@]12C. The van der Waals surface area contributed by atoms with Crippen LogP contribution in [0.5, 0.6) is 0 Å². The summed E-state index contributed by atoms with van der Waals surface area (Å²) in [5.74, 6) is 2.72. The molecule has 4 saturated carbocycles. The Labute approximate surface area is 282 Å². The molecule has 0 saturated heterocycles. The summed E-state index contributed by atoms with van der Waals surface area (Å²) in [6.07, 6.45) is 14.3. The smallest absolute Gasteiger partial charge is 0.223 e. The van der Waals surface area contributed by atoms with E-state index in [9.17, 15) is 15.0 Å². The molecule has 0 aromatic rings. The van der Waals surface area contributed by atoms with Gasteiger partial charge in [0.2, 0.25) is 5.91 Å². The number of hydrogen-bond acceptors (Lipinski definition) is 6. The molecule has 0 radical (unpaired) electrons. The average Bonchev–Trinajstić information content (AvgIpc) is 3.34. The molecular weight excluding hydrogens is 572 g/mol. The Kier molecular flexibility index (Phi) is 13.9. The first-order valence-electron chi connectivity index (χ1n) is 19.7. The van der Waals surface area contributed by atoms with E-state index in [0.29, 0.717) is 29.6 Å². The maximum Gasteiger partial charge on any atom is 0.223 e. The Hall–Kier alpha value is -0.730. The molecular formula is C39H74N4O3. The number of aliphatic hydroxyl groups excluding tert-OH is 2. The van der Waals surface area contributed by atoms with Gasteiger partial charge in [0.15, 0.2) is 0 Å². The highest BCUT2D eigenvalue weighted by atomic mass is 16.3. The highest BCUT2D eigenvalue weighted by molar-refractivity contribution is 5.79. The highest BCUT2D eigenvalue weighted by Gasteiger charge is 2.70. The first-order valence-corrected chi connectivity index (χ1v) is 19.7. The topological polar surface area (TPSA) is 120 Å². The molecule has 0 aromatic heterocycles. The fourth-order valence-corrected chi connectivity index (χ4v) is 11.8. The maximum absolute atomic E-state index is 14.0. The molecule has 7 N–H and O–H groups in total. The lowest BCUT2D eigenvalue weighted by molar-refractivity contribution is -0.239. The summed E-state index contributed by atoms with van der Waals surface area (Å²) >= 11 is 0. The van der Waals surface area contributed by atoms with Crippen molar-refractivity contribution in [3.63, 3.8) is 0 Å². The molecule has 7 heteroatoms. The largest absolute Gasteiger partial charge is 0.393 e. The molecule has 0 bridgehead atoms. The number of unbranched alkanes of at least 4 members (excludes halogenated alkanes) is 1. The second-order valence-electron chi connectivity index (χ2n) is 17.5. The Morgan fingerprint density at radius 1 is 0.783 bits per heavy atom. The molecule has 4 aliphatic carbocycles. The van der Waals surface area contributed by atoms with Gasteiger partial charge in [-0.2, -0.15) is 0 Å². The van der Waals surface area contributed by atoms with E-state index in [1.807, 2.05) is 0 Å². The van der Waals surface area contributed by atoms with Crippen LogP contribution in [0, 0.1) is 57.7 Å². The third kappa shape index (κ3) is 8.01. The second-order valence-corrected chi connectivity index (χ2v) is 17.5. The van der Waals surface area contributed by atoms with Gasteiger partial charge >= 0.3 is 0 Å². The minimum atomic E-state index is -0.328. The van der Waals surface area contributed by atoms with Gasteiger partial charge in [-0.05, 0) is 162 Å². The molecule has 0 heterocycles. The van der Waals surface area contributed by atoms with Crippen molar-refractivity contribution < 1.29 is 15.0 Å². The minimum Gasteiger partial charge on any atom is -0.393 e. The zero-order chi connectivity index (χ0) is 33.5. The van der Waals surface area contributed by atoms with Crippen LogP contribution in [-0.2, 0) is 4.79 Å². The highest BCUT2D eigenvalue weighted by Crippen LogP contribution is 2.74. The number of aliphatic hydroxyl groups is 2. The van der Waals surface area contributed by atoms with Crippen LogP contribution in [0.1, 0.15) is 131 Å². The molecule has 268 valence electrons. The number of carbonyl (C=O) groups excluding carboxylic acids is 1. The summed E-state index contributed by atoms with van der Waals surface area (Å²) in [7, 11) is 0. The molecule has 7 nitrogen and oxygen atoms in total. The van der Waals surface area contributed by atoms with E-state index in [1.54, 1.807) is 0 Å². The molecule has 1 amide bonds. The summed E-state index contributed by atoms with van der Waals surface area (Å²) in [4.78, 5) is 14.0. The van der Waals surface area contributed by atoms with E-state index in [-0.39, 0.29) is 46.2 Å². The van der Waals surface area contributed by atoms with Gasteiger partial charge in [0.25, 0.3) is 0 Å². The molecule has 4 rings (SSSR count). The summed E-state index contributed by atoms with van der Waals surface area (Å²) in [5.41, 5.74) is 5.81. The van der Waals surface area contributed by atoms with Crippen LogP contribution >= 0.6 is 0 Å². The number of hydrogen-bond donors (Lipinski definition) is 6. The molecule has 4 unspecified atom stereocenters. The van der Waals surface area contributed by atoms with Crippen molar-refractivity contribution in [3.05, 3.63) is 0 Å². The molecule has 0 aliphatic heterocycles. The van der Waals surface area contributed by atoms with Crippen molar-refractivity contribution in [1.29, 1.82) is 0 Å². The van der Waals surface area contributed by atoms with Crippen molar-refractivity contribution in [1.82, 2.24) is 16.0 Å². The van der Waals surface area contributed by atoms with Crippen LogP contribution in [0.15, 0.2) is 0 Å². The average molecular weight is 647 g/mol. The number of nitrogens with one attached hydrogen (secondary N) is 3. The van der Waals surface area contributed by atoms with Crippen molar-refractivity contribution in [2.45, 2.75) is 144 Å². The van der Waals surface area contributed by atoms with Gasteiger partial charge in [-0.3, -0.25) is 4.79 Å². The molecule has 4 aliphatic rings. The molecule has 0 spiro atoms. The van der Waals surface area contributed by atoms with Gasteiger partial charge in [-0.25, -0.2) is 0 Å². The molecule has 4 fully saturated rings.